The van der Waals surface area contributed by atoms with Crippen molar-refractivity contribution < 1.29 is 9.53 Å². The standard InChI is InChI=1S/C11H13Cl2NO2/c1-7(2)16-9-5-3-8(4-6-9)14-11(15)10(12)13/h3-7,10H,1-2H3,(H,14,15). The number of alkyl halides is 2. The second kappa shape index (κ2) is 5.97. The number of hydrogen-bond donors (Lipinski definition) is 1. The summed E-state index contributed by atoms with van der Waals surface area (Å²) in [6, 6.07) is 7.00. The normalized spacial score (nSPS) is 10.6. The van der Waals surface area contributed by atoms with Gasteiger partial charge in [0.15, 0.2) is 4.84 Å². The summed E-state index contributed by atoms with van der Waals surface area (Å²) in [6.45, 7) is 3.89. The number of amides is 1. The van der Waals surface area contributed by atoms with Crippen LogP contribution in [-0.2, 0) is 4.79 Å². The Kier molecular flexibility index (Phi) is 4.90. The molecule has 1 rings (SSSR count). The van der Waals surface area contributed by atoms with Crippen molar-refractivity contribution >= 4 is 34.8 Å². The van der Waals surface area contributed by atoms with Crippen molar-refractivity contribution in [1.29, 1.82) is 0 Å². The van der Waals surface area contributed by atoms with Crippen LogP contribution in [0.5, 0.6) is 5.75 Å². The highest BCUT2D eigenvalue weighted by Gasteiger charge is 2.11. The smallest absolute Gasteiger partial charge is 0.257 e. The van der Waals surface area contributed by atoms with Crippen molar-refractivity contribution in [2.75, 3.05) is 5.32 Å². The molecule has 1 amide bonds. The van der Waals surface area contributed by atoms with E-state index in [2.05, 4.69) is 5.32 Å². The Morgan fingerprint density at radius 3 is 2.25 bits per heavy atom. The molecule has 0 unspecified atom stereocenters. The summed E-state index contributed by atoms with van der Waals surface area (Å²) in [5.41, 5.74) is 0.632. The maximum absolute atomic E-state index is 11.2. The van der Waals surface area contributed by atoms with Gasteiger partial charge in [0.1, 0.15) is 5.75 Å². The summed E-state index contributed by atoms with van der Waals surface area (Å²) in [6.07, 6.45) is 0.121. The van der Waals surface area contributed by atoms with E-state index in [9.17, 15) is 4.79 Å². The average Bonchev–Trinajstić information content (AvgIpc) is 2.20. The molecule has 0 spiro atoms. The Morgan fingerprint density at radius 1 is 1.25 bits per heavy atom. The lowest BCUT2D eigenvalue weighted by Crippen LogP contribution is -2.18. The summed E-state index contributed by atoms with van der Waals surface area (Å²) >= 11 is 10.8. The molecule has 0 aliphatic rings. The summed E-state index contributed by atoms with van der Waals surface area (Å²) in [4.78, 5) is 10.1. The minimum Gasteiger partial charge on any atom is -0.491 e. The number of rotatable bonds is 4. The number of carbonyl (C=O) groups excluding carboxylic acids is 1. The minimum absolute atomic E-state index is 0.121. The van der Waals surface area contributed by atoms with Crippen LogP contribution in [0.25, 0.3) is 0 Å². The van der Waals surface area contributed by atoms with Crippen LogP contribution in [0.1, 0.15) is 13.8 Å². The quantitative estimate of drug-likeness (QED) is 0.846. The number of anilines is 1. The molecule has 0 saturated carbocycles. The molecule has 0 bridgehead atoms. The third-order valence-electron chi connectivity index (χ3n) is 1.69. The summed E-state index contributed by atoms with van der Waals surface area (Å²) in [5.74, 6) is 0.308. The van der Waals surface area contributed by atoms with Crippen molar-refractivity contribution in [2.24, 2.45) is 0 Å². The molecule has 5 heteroatoms. The van der Waals surface area contributed by atoms with Gasteiger partial charge in [-0.1, -0.05) is 23.2 Å². The van der Waals surface area contributed by atoms with E-state index >= 15 is 0 Å². The first-order valence-corrected chi connectivity index (χ1v) is 5.72. The molecule has 16 heavy (non-hydrogen) atoms. The Bertz CT molecular complexity index is 350. The zero-order valence-electron chi connectivity index (χ0n) is 9.04. The largest absolute Gasteiger partial charge is 0.491 e. The van der Waals surface area contributed by atoms with Gasteiger partial charge < -0.3 is 10.1 Å². The molecule has 0 radical (unpaired) electrons. The minimum atomic E-state index is -1.06. The van der Waals surface area contributed by atoms with Crippen molar-refractivity contribution in [1.82, 2.24) is 0 Å². The SMILES string of the molecule is CC(C)Oc1ccc(NC(=O)C(Cl)Cl)cc1. The van der Waals surface area contributed by atoms with Crippen LogP contribution in [0.2, 0.25) is 0 Å². The second-order valence-electron chi connectivity index (χ2n) is 3.48. The van der Waals surface area contributed by atoms with Gasteiger partial charge in [-0.15, -0.1) is 0 Å². The van der Waals surface area contributed by atoms with E-state index in [0.717, 1.165) is 5.75 Å². The highest BCUT2D eigenvalue weighted by atomic mass is 35.5. The first-order valence-electron chi connectivity index (χ1n) is 4.85. The maximum atomic E-state index is 11.2. The van der Waals surface area contributed by atoms with E-state index in [-0.39, 0.29) is 6.10 Å². The third-order valence-corrected chi connectivity index (χ3v) is 2.09. The first-order chi connectivity index (χ1) is 7.49. The second-order valence-corrected chi connectivity index (χ2v) is 4.58. The highest BCUT2D eigenvalue weighted by molar-refractivity contribution is 6.54. The van der Waals surface area contributed by atoms with Crippen molar-refractivity contribution in [2.45, 2.75) is 24.8 Å². The number of ether oxygens (including phenoxy) is 1. The molecule has 88 valence electrons. The molecular weight excluding hydrogens is 249 g/mol. The average molecular weight is 262 g/mol. The van der Waals surface area contributed by atoms with Crippen LogP contribution in [0.15, 0.2) is 24.3 Å². The van der Waals surface area contributed by atoms with Gasteiger partial charge in [-0.3, -0.25) is 4.79 Å². The molecule has 0 heterocycles. The number of carbonyl (C=O) groups is 1. The van der Waals surface area contributed by atoms with Gasteiger partial charge in [0.2, 0.25) is 0 Å². The summed E-state index contributed by atoms with van der Waals surface area (Å²) in [7, 11) is 0. The van der Waals surface area contributed by atoms with Crippen LogP contribution in [0, 0.1) is 0 Å². The van der Waals surface area contributed by atoms with Crippen molar-refractivity contribution in [3.8, 4) is 5.75 Å². The van der Waals surface area contributed by atoms with Crippen molar-refractivity contribution in [3.05, 3.63) is 24.3 Å². The topological polar surface area (TPSA) is 38.3 Å². The lowest BCUT2D eigenvalue weighted by atomic mass is 10.3. The molecule has 0 saturated heterocycles. The summed E-state index contributed by atoms with van der Waals surface area (Å²) < 4.78 is 5.46. The fourth-order valence-electron chi connectivity index (χ4n) is 1.09. The predicted molar refractivity (Wildman–Crippen MR) is 66.3 cm³/mol. The van der Waals surface area contributed by atoms with Gasteiger partial charge in [0, 0.05) is 5.69 Å². The molecule has 1 N–H and O–H groups in total. The van der Waals surface area contributed by atoms with E-state index in [1.54, 1.807) is 24.3 Å². The molecular formula is C11H13Cl2NO2. The van der Waals surface area contributed by atoms with E-state index in [1.165, 1.54) is 0 Å². The van der Waals surface area contributed by atoms with E-state index < -0.39 is 10.7 Å². The number of halogens is 2. The number of benzene rings is 1. The molecule has 0 aromatic heterocycles. The van der Waals surface area contributed by atoms with Crippen LogP contribution >= 0.6 is 23.2 Å². The number of nitrogens with one attached hydrogen (secondary N) is 1. The monoisotopic (exact) mass is 261 g/mol. The summed E-state index contributed by atoms with van der Waals surface area (Å²) in [5, 5.41) is 2.56. The lowest BCUT2D eigenvalue weighted by Gasteiger charge is -2.10. The molecule has 3 nitrogen and oxygen atoms in total. The van der Waals surface area contributed by atoms with Crippen molar-refractivity contribution in [3.63, 3.8) is 0 Å². The maximum Gasteiger partial charge on any atom is 0.257 e. The highest BCUT2D eigenvalue weighted by Crippen LogP contribution is 2.17. The van der Waals surface area contributed by atoms with Gasteiger partial charge >= 0.3 is 0 Å². The molecule has 0 atom stereocenters. The van der Waals surface area contributed by atoms with Gasteiger partial charge in [-0.05, 0) is 38.1 Å². The van der Waals surface area contributed by atoms with Crippen LogP contribution < -0.4 is 10.1 Å². The Hall–Kier alpha value is -0.930. The Labute approximate surface area is 105 Å². The predicted octanol–water partition coefficient (Wildman–Crippen LogP) is 3.22. The molecule has 0 aliphatic heterocycles. The fourth-order valence-corrected chi connectivity index (χ4v) is 1.19. The zero-order chi connectivity index (χ0) is 12.1. The van der Waals surface area contributed by atoms with E-state index in [4.69, 9.17) is 27.9 Å². The first kappa shape index (κ1) is 13.1. The van der Waals surface area contributed by atoms with Crippen LogP contribution in [0.3, 0.4) is 0 Å². The molecule has 0 fully saturated rings. The molecule has 1 aromatic rings. The van der Waals surface area contributed by atoms with E-state index in [1.807, 2.05) is 13.8 Å². The Balaban J connectivity index is 2.61. The third kappa shape index (κ3) is 4.29. The van der Waals surface area contributed by atoms with Gasteiger partial charge in [-0.25, -0.2) is 0 Å². The van der Waals surface area contributed by atoms with Gasteiger partial charge in [-0.2, -0.15) is 0 Å². The van der Waals surface area contributed by atoms with Crippen LogP contribution in [-0.4, -0.2) is 16.8 Å². The number of hydrogen-bond acceptors (Lipinski definition) is 2. The lowest BCUT2D eigenvalue weighted by molar-refractivity contribution is -0.114. The molecule has 0 aliphatic carbocycles. The van der Waals surface area contributed by atoms with Crippen LogP contribution in [0.4, 0.5) is 5.69 Å². The molecule has 1 aromatic carbocycles. The van der Waals surface area contributed by atoms with Gasteiger partial charge in [0.05, 0.1) is 6.10 Å². The van der Waals surface area contributed by atoms with E-state index in [0.29, 0.717) is 5.69 Å². The zero-order valence-corrected chi connectivity index (χ0v) is 10.5. The van der Waals surface area contributed by atoms with Gasteiger partial charge in [0.25, 0.3) is 5.91 Å². The fraction of sp³-hybridized carbons (Fsp3) is 0.364. The Morgan fingerprint density at radius 2 is 1.81 bits per heavy atom.